The third-order valence-electron chi connectivity index (χ3n) is 3.91. The van der Waals surface area contributed by atoms with E-state index in [-0.39, 0.29) is 31.4 Å². The first-order chi connectivity index (χ1) is 13.6. The van der Waals surface area contributed by atoms with Gasteiger partial charge in [-0.2, -0.15) is 0 Å². The summed E-state index contributed by atoms with van der Waals surface area (Å²) in [6.45, 7) is 1.41. The second-order valence-corrected chi connectivity index (χ2v) is 6.74. The molecular weight excluding hydrogens is 386 g/mol. The van der Waals surface area contributed by atoms with Crippen LogP contribution in [0.3, 0.4) is 0 Å². The molecule has 2 aromatic heterocycles. The van der Waals surface area contributed by atoms with Gasteiger partial charge in [0.25, 0.3) is 5.56 Å². The molecule has 28 heavy (non-hydrogen) atoms. The lowest BCUT2D eigenvalue weighted by atomic mass is 10.1. The van der Waals surface area contributed by atoms with Crippen LogP contribution in [0.5, 0.6) is 11.5 Å². The summed E-state index contributed by atoms with van der Waals surface area (Å²) in [6, 6.07) is 7.11. The first-order valence-corrected chi connectivity index (χ1v) is 9.17. The van der Waals surface area contributed by atoms with Crippen molar-refractivity contribution in [2.75, 3.05) is 13.4 Å². The minimum absolute atomic E-state index is 0.159. The molecule has 0 atom stereocenters. The Morgan fingerprint density at radius 3 is 3.07 bits per heavy atom. The molecular formula is C18H15N3O6S. The van der Waals surface area contributed by atoms with Crippen LogP contribution in [0.2, 0.25) is 0 Å². The molecule has 0 aliphatic carbocycles. The predicted octanol–water partition coefficient (Wildman–Crippen LogP) is 2.20. The highest BCUT2D eigenvalue weighted by Crippen LogP contribution is 2.32. The molecule has 4 rings (SSSR count). The van der Waals surface area contributed by atoms with E-state index >= 15 is 0 Å². The fourth-order valence-electron chi connectivity index (χ4n) is 2.54. The molecule has 1 N–H and O–H groups in total. The van der Waals surface area contributed by atoms with Gasteiger partial charge in [0.2, 0.25) is 13.4 Å². The monoisotopic (exact) mass is 401 g/mol. The predicted molar refractivity (Wildman–Crippen MR) is 101 cm³/mol. The number of ether oxygens (including phenoxy) is 3. The molecule has 0 unspecified atom stereocenters. The molecule has 0 saturated carbocycles. The van der Waals surface area contributed by atoms with Gasteiger partial charge >= 0.3 is 5.97 Å². The lowest BCUT2D eigenvalue weighted by Gasteiger charge is -2.05. The van der Waals surface area contributed by atoms with E-state index < -0.39 is 5.97 Å². The molecule has 1 aliphatic heterocycles. The van der Waals surface area contributed by atoms with Gasteiger partial charge in [-0.15, -0.1) is 11.3 Å². The average molecular weight is 401 g/mol. The molecule has 1 aliphatic rings. The van der Waals surface area contributed by atoms with Gasteiger partial charge in [0.1, 0.15) is 17.1 Å². The van der Waals surface area contributed by atoms with Crippen LogP contribution < -0.4 is 15.0 Å². The highest BCUT2D eigenvalue weighted by molar-refractivity contribution is 7.17. The lowest BCUT2D eigenvalue weighted by molar-refractivity contribution is -0.150. The van der Waals surface area contributed by atoms with E-state index in [4.69, 9.17) is 19.0 Å². The van der Waals surface area contributed by atoms with Crippen molar-refractivity contribution in [1.29, 1.82) is 0 Å². The number of carbonyl (C=O) groups is 1. The van der Waals surface area contributed by atoms with Crippen molar-refractivity contribution >= 4 is 33.2 Å². The van der Waals surface area contributed by atoms with Gasteiger partial charge < -0.3 is 24.0 Å². The zero-order valence-electron chi connectivity index (χ0n) is 14.8. The van der Waals surface area contributed by atoms with E-state index in [1.54, 1.807) is 30.5 Å². The number of nitrogens with zero attached hydrogens (tertiary/aromatic N) is 2. The van der Waals surface area contributed by atoms with E-state index in [0.717, 1.165) is 5.56 Å². The van der Waals surface area contributed by atoms with Gasteiger partial charge in [0.15, 0.2) is 11.5 Å². The minimum Gasteiger partial charge on any atom is -0.455 e. The van der Waals surface area contributed by atoms with Crippen molar-refractivity contribution in [3.63, 3.8) is 0 Å². The van der Waals surface area contributed by atoms with Crippen LogP contribution >= 0.6 is 11.3 Å². The number of H-pyrrole nitrogens is 1. The zero-order valence-corrected chi connectivity index (χ0v) is 15.6. The summed E-state index contributed by atoms with van der Waals surface area (Å²) in [4.78, 5) is 35.6. The first kappa shape index (κ1) is 18.0. The van der Waals surface area contributed by atoms with Crippen molar-refractivity contribution < 1.29 is 23.8 Å². The Labute approximate surface area is 162 Å². The van der Waals surface area contributed by atoms with E-state index in [2.05, 4.69) is 15.1 Å². The molecule has 3 aromatic rings. The number of benzene rings is 1. The fourth-order valence-corrected chi connectivity index (χ4v) is 3.26. The highest BCUT2D eigenvalue weighted by Gasteiger charge is 2.14. The number of aromatic amines is 1. The van der Waals surface area contributed by atoms with Gasteiger partial charge in [-0.05, 0) is 36.6 Å². The van der Waals surface area contributed by atoms with Gasteiger partial charge in [-0.25, -0.2) is 9.78 Å². The Balaban J connectivity index is 1.30. The number of nitrogens with one attached hydrogen (secondary N) is 1. The highest BCUT2D eigenvalue weighted by atomic mass is 32.1. The van der Waals surface area contributed by atoms with Crippen LogP contribution in [-0.4, -0.2) is 35.0 Å². The molecule has 0 radical (unpaired) electrons. The molecule has 10 heteroatoms. The summed E-state index contributed by atoms with van der Waals surface area (Å²) in [6.07, 6.45) is 0. The summed E-state index contributed by atoms with van der Waals surface area (Å²) in [5.41, 5.74) is 1.66. The summed E-state index contributed by atoms with van der Waals surface area (Å²) in [5, 5.41) is 5.69. The minimum atomic E-state index is -0.629. The maximum atomic E-state index is 11.9. The smallest absolute Gasteiger partial charge is 0.347 e. The standard InChI is InChI=1S/C18H15N3O6S/c1-10(11-2-3-13-14(6-11)26-9-25-13)21-27-8-16(22)24-7-15-19-12-4-5-28-17(12)18(23)20-15/h2-6H,7-9H2,1H3,(H,19,20,23). The van der Waals surface area contributed by atoms with E-state index in [1.807, 2.05) is 6.07 Å². The molecule has 0 fully saturated rings. The summed E-state index contributed by atoms with van der Waals surface area (Å²) >= 11 is 1.30. The van der Waals surface area contributed by atoms with E-state index in [1.165, 1.54) is 11.3 Å². The van der Waals surface area contributed by atoms with Crippen molar-refractivity contribution in [2.24, 2.45) is 5.16 Å². The van der Waals surface area contributed by atoms with Crippen LogP contribution in [0.25, 0.3) is 10.2 Å². The molecule has 0 bridgehead atoms. The van der Waals surface area contributed by atoms with Crippen LogP contribution in [0.15, 0.2) is 39.6 Å². The van der Waals surface area contributed by atoms with Gasteiger partial charge in [0, 0.05) is 5.56 Å². The van der Waals surface area contributed by atoms with Crippen molar-refractivity contribution in [3.05, 3.63) is 51.4 Å². The Bertz CT molecular complexity index is 1120. The number of rotatable bonds is 6. The Morgan fingerprint density at radius 2 is 2.18 bits per heavy atom. The molecule has 0 spiro atoms. The van der Waals surface area contributed by atoms with Crippen molar-refractivity contribution in [1.82, 2.24) is 9.97 Å². The normalized spacial score (nSPS) is 13.0. The third kappa shape index (κ3) is 3.81. The molecule has 144 valence electrons. The maximum Gasteiger partial charge on any atom is 0.347 e. The molecule has 1 aromatic carbocycles. The first-order valence-electron chi connectivity index (χ1n) is 8.29. The number of thiophene rings is 1. The second-order valence-electron chi connectivity index (χ2n) is 5.83. The van der Waals surface area contributed by atoms with Gasteiger partial charge in [-0.1, -0.05) is 5.16 Å². The zero-order chi connectivity index (χ0) is 19.5. The molecule has 3 heterocycles. The van der Waals surface area contributed by atoms with E-state index in [9.17, 15) is 9.59 Å². The Morgan fingerprint density at radius 1 is 1.32 bits per heavy atom. The molecule has 0 saturated heterocycles. The van der Waals surface area contributed by atoms with Crippen LogP contribution in [0, 0.1) is 0 Å². The number of hydrogen-bond donors (Lipinski definition) is 1. The number of hydrogen-bond acceptors (Lipinski definition) is 9. The maximum absolute atomic E-state index is 11.9. The third-order valence-corrected chi connectivity index (χ3v) is 4.81. The number of aromatic nitrogens is 2. The summed E-state index contributed by atoms with van der Waals surface area (Å²) < 4.78 is 16.2. The lowest BCUT2D eigenvalue weighted by Crippen LogP contribution is -2.15. The Hall–Kier alpha value is -3.40. The van der Waals surface area contributed by atoms with Crippen molar-refractivity contribution in [2.45, 2.75) is 13.5 Å². The fraction of sp³-hybridized carbons (Fsp3) is 0.222. The van der Waals surface area contributed by atoms with Crippen LogP contribution in [-0.2, 0) is 21.0 Å². The van der Waals surface area contributed by atoms with Gasteiger partial charge in [-0.3, -0.25) is 4.79 Å². The summed E-state index contributed by atoms with van der Waals surface area (Å²) in [5.74, 6) is 0.948. The van der Waals surface area contributed by atoms with Crippen molar-refractivity contribution in [3.8, 4) is 11.5 Å². The SMILES string of the molecule is CC(=NOCC(=O)OCc1nc2ccsc2c(=O)[nH]1)c1ccc2c(c1)OCO2. The Kier molecular flexibility index (Phi) is 4.94. The molecule has 9 nitrogen and oxygen atoms in total. The quantitative estimate of drug-likeness (QED) is 0.383. The average Bonchev–Trinajstić information content (AvgIpc) is 3.35. The number of oxime groups is 1. The topological polar surface area (TPSA) is 112 Å². The largest absolute Gasteiger partial charge is 0.455 e. The summed E-state index contributed by atoms with van der Waals surface area (Å²) in [7, 11) is 0. The number of carbonyl (C=O) groups excluding carboxylic acids is 1. The number of fused-ring (bicyclic) bond motifs is 2. The second kappa shape index (κ2) is 7.69. The van der Waals surface area contributed by atoms with Crippen LogP contribution in [0.4, 0.5) is 0 Å². The van der Waals surface area contributed by atoms with Crippen LogP contribution in [0.1, 0.15) is 18.3 Å². The van der Waals surface area contributed by atoms with E-state index in [0.29, 0.717) is 27.4 Å². The number of esters is 1. The van der Waals surface area contributed by atoms with Gasteiger partial charge in [0.05, 0.1) is 11.2 Å². The molecule has 0 amide bonds.